The van der Waals surface area contributed by atoms with Gasteiger partial charge < -0.3 is 10.5 Å². The second kappa shape index (κ2) is 5.25. The molecule has 0 fully saturated rings. The SMILES string of the molecule is COC(=O)C1(N)CCc2cc(Cl)ccc2C1.Cl. The molecule has 0 saturated heterocycles. The molecule has 0 aliphatic heterocycles. The Morgan fingerprint density at radius 3 is 2.82 bits per heavy atom. The number of carbonyl (C=O) groups excluding carboxylic acids is 1. The van der Waals surface area contributed by atoms with Crippen molar-refractivity contribution in [3.05, 3.63) is 34.3 Å². The van der Waals surface area contributed by atoms with Gasteiger partial charge in [0.05, 0.1) is 7.11 Å². The predicted octanol–water partition coefficient (Wildman–Crippen LogP) is 2.12. The molecule has 2 N–H and O–H groups in total. The van der Waals surface area contributed by atoms with E-state index in [9.17, 15) is 4.79 Å². The number of methoxy groups -OCH3 is 1. The van der Waals surface area contributed by atoms with Crippen molar-refractivity contribution in [1.82, 2.24) is 0 Å². The van der Waals surface area contributed by atoms with Crippen LogP contribution < -0.4 is 5.73 Å². The number of hydrogen-bond acceptors (Lipinski definition) is 3. The van der Waals surface area contributed by atoms with E-state index in [0.717, 1.165) is 17.0 Å². The van der Waals surface area contributed by atoms with E-state index in [0.29, 0.717) is 12.8 Å². The standard InChI is InChI=1S/C12H14ClNO2.ClH/c1-16-11(15)12(14)5-4-8-6-10(13)3-2-9(8)7-12;/h2-3,6H,4-5,7,14H2,1H3;1H. The molecule has 17 heavy (non-hydrogen) atoms. The molecular weight excluding hydrogens is 261 g/mol. The summed E-state index contributed by atoms with van der Waals surface area (Å²) in [5.41, 5.74) is 7.44. The summed E-state index contributed by atoms with van der Waals surface area (Å²) in [6.07, 6.45) is 1.89. The number of esters is 1. The maximum absolute atomic E-state index is 11.6. The molecule has 1 unspecified atom stereocenters. The fourth-order valence-corrected chi connectivity index (χ4v) is 2.36. The second-order valence-corrected chi connectivity index (χ2v) is 4.67. The quantitative estimate of drug-likeness (QED) is 0.799. The average Bonchev–Trinajstić information content (AvgIpc) is 2.28. The Hall–Kier alpha value is -0.770. The zero-order valence-corrected chi connectivity index (χ0v) is 11.1. The molecule has 1 aliphatic rings. The minimum Gasteiger partial charge on any atom is -0.468 e. The lowest BCUT2D eigenvalue weighted by molar-refractivity contribution is -0.147. The van der Waals surface area contributed by atoms with Gasteiger partial charge in [0.2, 0.25) is 0 Å². The maximum Gasteiger partial charge on any atom is 0.326 e. The molecule has 0 aromatic heterocycles. The van der Waals surface area contributed by atoms with Gasteiger partial charge in [-0.1, -0.05) is 17.7 Å². The first-order valence-corrected chi connectivity index (χ1v) is 5.57. The van der Waals surface area contributed by atoms with E-state index in [4.69, 9.17) is 22.1 Å². The molecule has 2 rings (SSSR count). The fraction of sp³-hybridized carbons (Fsp3) is 0.417. The lowest BCUT2D eigenvalue weighted by Gasteiger charge is -2.32. The average molecular weight is 276 g/mol. The van der Waals surface area contributed by atoms with Crippen LogP contribution in [0.5, 0.6) is 0 Å². The van der Waals surface area contributed by atoms with E-state index >= 15 is 0 Å². The first kappa shape index (κ1) is 14.3. The van der Waals surface area contributed by atoms with Crippen LogP contribution >= 0.6 is 24.0 Å². The van der Waals surface area contributed by atoms with E-state index in [1.807, 2.05) is 18.2 Å². The van der Waals surface area contributed by atoms with E-state index in [2.05, 4.69) is 0 Å². The summed E-state index contributed by atoms with van der Waals surface area (Å²) in [6, 6.07) is 5.69. The molecule has 0 saturated carbocycles. The van der Waals surface area contributed by atoms with Crippen molar-refractivity contribution in [3.63, 3.8) is 0 Å². The molecule has 5 heteroatoms. The van der Waals surface area contributed by atoms with Gasteiger partial charge in [0.1, 0.15) is 5.54 Å². The predicted molar refractivity (Wildman–Crippen MR) is 69.7 cm³/mol. The topological polar surface area (TPSA) is 52.3 Å². The van der Waals surface area contributed by atoms with Gasteiger partial charge in [0.25, 0.3) is 0 Å². The number of nitrogens with two attached hydrogens (primary N) is 1. The number of hydrogen-bond donors (Lipinski definition) is 1. The summed E-state index contributed by atoms with van der Waals surface area (Å²) >= 11 is 5.91. The van der Waals surface area contributed by atoms with Crippen LogP contribution in [0.2, 0.25) is 5.02 Å². The van der Waals surface area contributed by atoms with Crippen LogP contribution in [0.3, 0.4) is 0 Å². The summed E-state index contributed by atoms with van der Waals surface area (Å²) < 4.78 is 4.74. The van der Waals surface area contributed by atoms with Gasteiger partial charge in [-0.25, -0.2) is 0 Å². The molecule has 1 aliphatic carbocycles. The van der Waals surface area contributed by atoms with Crippen molar-refractivity contribution < 1.29 is 9.53 Å². The van der Waals surface area contributed by atoms with E-state index < -0.39 is 5.54 Å². The highest BCUT2D eigenvalue weighted by molar-refractivity contribution is 6.30. The van der Waals surface area contributed by atoms with E-state index in [1.54, 1.807) is 0 Å². The first-order chi connectivity index (χ1) is 7.55. The molecule has 0 amide bonds. The van der Waals surface area contributed by atoms with Crippen molar-refractivity contribution in [2.45, 2.75) is 24.8 Å². The third kappa shape index (κ3) is 2.73. The smallest absolute Gasteiger partial charge is 0.326 e. The lowest BCUT2D eigenvalue weighted by Crippen LogP contribution is -2.52. The minimum atomic E-state index is -0.879. The van der Waals surface area contributed by atoms with Crippen LogP contribution in [-0.4, -0.2) is 18.6 Å². The van der Waals surface area contributed by atoms with Gasteiger partial charge in [0, 0.05) is 11.4 Å². The zero-order valence-electron chi connectivity index (χ0n) is 9.53. The van der Waals surface area contributed by atoms with Crippen LogP contribution in [0.4, 0.5) is 0 Å². The maximum atomic E-state index is 11.6. The molecule has 0 heterocycles. The Morgan fingerprint density at radius 2 is 2.18 bits per heavy atom. The Morgan fingerprint density at radius 1 is 1.47 bits per heavy atom. The highest BCUT2D eigenvalue weighted by Crippen LogP contribution is 2.29. The molecule has 94 valence electrons. The Labute approximate surface area is 112 Å². The molecule has 0 spiro atoms. The van der Waals surface area contributed by atoms with Crippen molar-refractivity contribution >= 4 is 30.0 Å². The van der Waals surface area contributed by atoms with Crippen molar-refractivity contribution in [2.75, 3.05) is 7.11 Å². The van der Waals surface area contributed by atoms with Crippen LogP contribution in [0.15, 0.2) is 18.2 Å². The number of ether oxygens (including phenoxy) is 1. The van der Waals surface area contributed by atoms with Crippen molar-refractivity contribution in [2.24, 2.45) is 5.73 Å². The fourth-order valence-electron chi connectivity index (χ4n) is 2.16. The van der Waals surface area contributed by atoms with Gasteiger partial charge in [-0.15, -0.1) is 12.4 Å². The van der Waals surface area contributed by atoms with Crippen LogP contribution in [0, 0.1) is 0 Å². The van der Waals surface area contributed by atoms with E-state index in [-0.39, 0.29) is 18.4 Å². The van der Waals surface area contributed by atoms with Gasteiger partial charge >= 0.3 is 5.97 Å². The van der Waals surface area contributed by atoms with Gasteiger partial charge in [-0.05, 0) is 36.1 Å². The van der Waals surface area contributed by atoms with Gasteiger partial charge in [-0.3, -0.25) is 4.79 Å². The second-order valence-electron chi connectivity index (χ2n) is 4.24. The van der Waals surface area contributed by atoms with Crippen LogP contribution in [0.1, 0.15) is 17.5 Å². The zero-order chi connectivity index (χ0) is 11.8. The number of aryl methyl sites for hydroxylation is 1. The van der Waals surface area contributed by atoms with Crippen molar-refractivity contribution in [1.29, 1.82) is 0 Å². The summed E-state index contributed by atoms with van der Waals surface area (Å²) in [5.74, 6) is -0.340. The molecule has 0 radical (unpaired) electrons. The Balaban J connectivity index is 0.00000144. The monoisotopic (exact) mass is 275 g/mol. The minimum absolute atomic E-state index is 0. The molecule has 1 aromatic rings. The highest BCUT2D eigenvalue weighted by Gasteiger charge is 2.38. The van der Waals surface area contributed by atoms with Crippen molar-refractivity contribution in [3.8, 4) is 0 Å². The summed E-state index contributed by atoms with van der Waals surface area (Å²) in [5, 5.41) is 0.723. The summed E-state index contributed by atoms with van der Waals surface area (Å²) in [4.78, 5) is 11.6. The third-order valence-electron chi connectivity index (χ3n) is 3.11. The first-order valence-electron chi connectivity index (χ1n) is 5.20. The Bertz CT molecular complexity index is 437. The molecule has 0 bridgehead atoms. The normalized spacial score (nSPS) is 22.3. The Kier molecular flexibility index (Phi) is 4.42. The van der Waals surface area contributed by atoms with Crippen LogP contribution in [-0.2, 0) is 22.4 Å². The molecule has 3 nitrogen and oxygen atoms in total. The molecular formula is C12H15Cl2NO2. The number of benzene rings is 1. The number of rotatable bonds is 1. The summed E-state index contributed by atoms with van der Waals surface area (Å²) in [7, 11) is 1.37. The van der Waals surface area contributed by atoms with E-state index in [1.165, 1.54) is 12.7 Å². The number of carbonyl (C=O) groups is 1. The highest BCUT2D eigenvalue weighted by atomic mass is 35.5. The van der Waals surface area contributed by atoms with Crippen LogP contribution in [0.25, 0.3) is 0 Å². The third-order valence-corrected chi connectivity index (χ3v) is 3.34. The molecule has 1 aromatic carbocycles. The largest absolute Gasteiger partial charge is 0.468 e. The number of halogens is 2. The molecule has 1 atom stereocenters. The van der Waals surface area contributed by atoms with Gasteiger partial charge in [-0.2, -0.15) is 0 Å². The van der Waals surface area contributed by atoms with Gasteiger partial charge in [0.15, 0.2) is 0 Å². The summed E-state index contributed by atoms with van der Waals surface area (Å²) in [6.45, 7) is 0. The lowest BCUT2D eigenvalue weighted by atomic mass is 9.79. The number of fused-ring (bicyclic) bond motifs is 1.